The number of hydrogen-bond donors (Lipinski definition) is 4. The Kier molecular flexibility index (Phi) is 5.72. The predicted octanol–water partition coefficient (Wildman–Crippen LogP) is -1.51. The molecule has 152 valence electrons. The number of hydrazine groups is 2. The maximum atomic E-state index is 12.8. The molecule has 2 heterocycles. The third-order valence-electron chi connectivity index (χ3n) is 4.06. The Morgan fingerprint density at radius 3 is 2.55 bits per heavy atom. The number of hydrogen-bond acceptors (Lipinski definition) is 8. The van der Waals surface area contributed by atoms with E-state index >= 15 is 0 Å². The summed E-state index contributed by atoms with van der Waals surface area (Å²) >= 11 is 5.98. The van der Waals surface area contributed by atoms with Gasteiger partial charge in [-0.2, -0.15) is 9.78 Å². The van der Waals surface area contributed by atoms with Gasteiger partial charge in [0, 0.05) is 11.6 Å². The molecule has 2 amide bonds. The van der Waals surface area contributed by atoms with Crippen LogP contribution < -0.4 is 28.2 Å². The molecular weight excluding hydrogens is 404 g/mol. The lowest BCUT2D eigenvalue weighted by molar-refractivity contribution is 0.0910. The van der Waals surface area contributed by atoms with Crippen molar-refractivity contribution in [2.75, 3.05) is 0 Å². The molecule has 0 saturated carbocycles. The molecule has 0 bridgehead atoms. The van der Waals surface area contributed by atoms with E-state index in [1.807, 2.05) is 10.9 Å². The molecule has 0 aliphatic rings. The Bertz CT molecular complexity index is 1130. The van der Waals surface area contributed by atoms with Gasteiger partial charge >= 0.3 is 5.69 Å². The molecule has 0 radical (unpaired) electrons. The van der Waals surface area contributed by atoms with E-state index in [2.05, 4.69) is 15.4 Å². The lowest BCUT2D eigenvalue weighted by Gasteiger charge is -2.07. The number of nitrogens with two attached hydrogens (primary N) is 2. The Morgan fingerprint density at radius 2 is 1.90 bits per heavy atom. The van der Waals surface area contributed by atoms with Crippen LogP contribution in [0.3, 0.4) is 0 Å². The Morgan fingerprint density at radius 1 is 1.17 bits per heavy atom. The van der Waals surface area contributed by atoms with E-state index in [9.17, 15) is 14.4 Å². The van der Waals surface area contributed by atoms with Crippen molar-refractivity contribution in [3.63, 3.8) is 0 Å². The number of aryl methyl sites for hydroxylation is 2. The molecule has 0 aliphatic carbocycles. The zero-order valence-corrected chi connectivity index (χ0v) is 15.9. The molecule has 14 heteroatoms. The highest BCUT2D eigenvalue weighted by molar-refractivity contribution is 6.30. The standard InChI is InChI=1S/C15H17ClN10O3/c1-8-22-26(10-4-2-3-9(16)7-10)15(29)24(8)5-6-25-12(14(28)20-18)11(21-23-25)13(27)19-17/h2-4,7H,5-6,17-18H2,1H3,(H,19,27)(H,20,28). The molecule has 13 nitrogen and oxygen atoms in total. The number of carbonyl (C=O) groups excluding carboxylic acids is 2. The summed E-state index contributed by atoms with van der Waals surface area (Å²) in [6.07, 6.45) is 0. The normalized spacial score (nSPS) is 10.8. The monoisotopic (exact) mass is 420 g/mol. The van der Waals surface area contributed by atoms with Crippen LogP contribution in [0.15, 0.2) is 29.1 Å². The second-order valence-corrected chi connectivity index (χ2v) is 6.27. The largest absolute Gasteiger partial charge is 0.350 e. The van der Waals surface area contributed by atoms with Crippen molar-refractivity contribution < 1.29 is 9.59 Å². The SMILES string of the molecule is Cc1nn(-c2cccc(Cl)c2)c(=O)n1CCn1nnc(C(=O)NN)c1C(=O)NN. The molecule has 29 heavy (non-hydrogen) atoms. The minimum atomic E-state index is -0.808. The van der Waals surface area contributed by atoms with Gasteiger partial charge in [-0.1, -0.05) is 22.9 Å². The summed E-state index contributed by atoms with van der Waals surface area (Å²) in [5, 5.41) is 12.1. The van der Waals surface area contributed by atoms with E-state index in [0.29, 0.717) is 16.5 Å². The van der Waals surface area contributed by atoms with E-state index in [1.165, 1.54) is 9.25 Å². The lowest BCUT2D eigenvalue weighted by atomic mass is 10.3. The van der Waals surface area contributed by atoms with Crippen LogP contribution in [-0.4, -0.2) is 41.2 Å². The van der Waals surface area contributed by atoms with Gasteiger partial charge in [0.15, 0.2) is 11.4 Å². The van der Waals surface area contributed by atoms with Crippen LogP contribution >= 0.6 is 11.6 Å². The third kappa shape index (κ3) is 3.87. The molecule has 0 spiro atoms. The Labute approximate surface area is 168 Å². The van der Waals surface area contributed by atoms with Crippen LogP contribution in [0.1, 0.15) is 26.8 Å². The smallest absolute Gasteiger partial charge is 0.289 e. The molecule has 0 fully saturated rings. The third-order valence-corrected chi connectivity index (χ3v) is 4.30. The first kappa shape index (κ1) is 20.2. The molecule has 0 unspecified atom stereocenters. The van der Waals surface area contributed by atoms with Gasteiger partial charge in [-0.25, -0.2) is 21.2 Å². The van der Waals surface area contributed by atoms with Crippen molar-refractivity contribution in [2.24, 2.45) is 11.7 Å². The van der Waals surface area contributed by atoms with Crippen molar-refractivity contribution in [3.8, 4) is 5.69 Å². The number of rotatable bonds is 6. The molecule has 2 aromatic heterocycles. The number of carbonyl (C=O) groups is 2. The number of aromatic nitrogens is 6. The summed E-state index contributed by atoms with van der Waals surface area (Å²) < 4.78 is 3.74. The van der Waals surface area contributed by atoms with Gasteiger partial charge in [-0.15, -0.1) is 5.10 Å². The van der Waals surface area contributed by atoms with Crippen LogP contribution in [-0.2, 0) is 13.1 Å². The maximum absolute atomic E-state index is 12.8. The zero-order chi connectivity index (χ0) is 21.1. The molecule has 3 aromatic rings. The second kappa shape index (κ2) is 8.22. The van der Waals surface area contributed by atoms with Gasteiger partial charge in [-0.3, -0.25) is 25.0 Å². The topological polar surface area (TPSA) is 181 Å². The minimum absolute atomic E-state index is 0.0373. The Hall–Kier alpha value is -3.55. The number of amides is 2. The average molecular weight is 421 g/mol. The predicted molar refractivity (Wildman–Crippen MR) is 101 cm³/mol. The van der Waals surface area contributed by atoms with Crippen molar-refractivity contribution in [3.05, 3.63) is 57.0 Å². The molecule has 3 rings (SSSR count). The highest BCUT2D eigenvalue weighted by Crippen LogP contribution is 2.13. The number of nitrogens with zero attached hydrogens (tertiary/aromatic N) is 6. The number of nitrogens with one attached hydrogen (secondary N) is 2. The molecule has 1 aromatic carbocycles. The van der Waals surface area contributed by atoms with Gasteiger partial charge in [0.25, 0.3) is 11.8 Å². The number of halogens is 1. The lowest BCUT2D eigenvalue weighted by Crippen LogP contribution is -2.36. The fraction of sp³-hybridized carbons (Fsp3) is 0.200. The van der Waals surface area contributed by atoms with Gasteiger partial charge in [0.2, 0.25) is 0 Å². The molecular formula is C15H17ClN10O3. The first-order chi connectivity index (χ1) is 13.9. The van der Waals surface area contributed by atoms with E-state index in [-0.39, 0.29) is 24.5 Å². The van der Waals surface area contributed by atoms with Crippen molar-refractivity contribution in [2.45, 2.75) is 20.0 Å². The molecule has 0 atom stereocenters. The van der Waals surface area contributed by atoms with Crippen molar-refractivity contribution in [1.29, 1.82) is 0 Å². The second-order valence-electron chi connectivity index (χ2n) is 5.83. The van der Waals surface area contributed by atoms with Crippen LogP contribution in [0.25, 0.3) is 5.69 Å². The number of nitrogen functional groups attached to an aromatic ring is 2. The summed E-state index contributed by atoms with van der Waals surface area (Å²) in [4.78, 5) is 36.6. The van der Waals surface area contributed by atoms with Crippen molar-refractivity contribution >= 4 is 23.4 Å². The summed E-state index contributed by atoms with van der Waals surface area (Å²) in [6, 6.07) is 6.70. The van der Waals surface area contributed by atoms with Crippen LogP contribution in [0.5, 0.6) is 0 Å². The average Bonchev–Trinajstić information content (AvgIpc) is 3.26. The van der Waals surface area contributed by atoms with E-state index < -0.39 is 17.5 Å². The highest BCUT2D eigenvalue weighted by atomic mass is 35.5. The van der Waals surface area contributed by atoms with Gasteiger partial charge in [0.05, 0.1) is 12.2 Å². The summed E-state index contributed by atoms with van der Waals surface area (Å²) in [5.41, 5.74) is 3.41. The summed E-state index contributed by atoms with van der Waals surface area (Å²) in [6.45, 7) is 1.79. The fourth-order valence-corrected chi connectivity index (χ4v) is 2.89. The van der Waals surface area contributed by atoms with Gasteiger partial charge in [0.1, 0.15) is 5.82 Å². The maximum Gasteiger partial charge on any atom is 0.350 e. The van der Waals surface area contributed by atoms with Crippen LogP contribution in [0, 0.1) is 6.92 Å². The van der Waals surface area contributed by atoms with Gasteiger partial charge < -0.3 is 0 Å². The quantitative estimate of drug-likeness (QED) is 0.211. The Balaban J connectivity index is 1.91. The van der Waals surface area contributed by atoms with Crippen LogP contribution in [0.4, 0.5) is 0 Å². The fourth-order valence-electron chi connectivity index (χ4n) is 2.71. The highest BCUT2D eigenvalue weighted by Gasteiger charge is 2.25. The van der Waals surface area contributed by atoms with Crippen LogP contribution in [0.2, 0.25) is 5.02 Å². The molecule has 0 aliphatic heterocycles. The number of benzene rings is 1. The minimum Gasteiger partial charge on any atom is -0.289 e. The van der Waals surface area contributed by atoms with Crippen molar-refractivity contribution in [1.82, 2.24) is 40.2 Å². The van der Waals surface area contributed by atoms with E-state index in [4.69, 9.17) is 23.3 Å². The van der Waals surface area contributed by atoms with E-state index in [0.717, 1.165) is 4.68 Å². The van der Waals surface area contributed by atoms with E-state index in [1.54, 1.807) is 31.2 Å². The molecule has 6 N–H and O–H groups in total. The van der Waals surface area contributed by atoms with Gasteiger partial charge in [-0.05, 0) is 25.1 Å². The first-order valence-electron chi connectivity index (χ1n) is 8.25. The molecule has 0 saturated heterocycles. The first-order valence-corrected chi connectivity index (χ1v) is 8.63. The summed E-state index contributed by atoms with van der Waals surface area (Å²) in [7, 11) is 0. The zero-order valence-electron chi connectivity index (χ0n) is 15.2. The summed E-state index contributed by atoms with van der Waals surface area (Å²) in [5.74, 6) is 9.10.